The zero-order chi connectivity index (χ0) is 84.0. The van der Waals surface area contributed by atoms with Gasteiger partial charge >= 0.3 is 0 Å². The zero-order valence-electron chi connectivity index (χ0n) is 66.7. The van der Waals surface area contributed by atoms with E-state index in [1.165, 1.54) is 51.9 Å². The van der Waals surface area contributed by atoms with E-state index in [9.17, 15) is 76.2 Å². The van der Waals surface area contributed by atoms with Gasteiger partial charge in [0.1, 0.15) is 70.3 Å². The molecule has 0 aliphatic carbocycles. The standard InChI is InChI=1S/C78H127N19O16S/c1-5-7-9-10-11-12-13-14-15-16-17-18-22-38-65(101)88-63(49-98)75(110)91-57(36-26-28-43-85-77(80)81)72(107)97-66(50(3)99)76(111)94-56(33-8-6-2)68(103)92-59-39-40-64(100)84-42-27-25-35-55(67(79)102)89-74(109)62(47-52-48-87-54-34-24-23-32-53(52)54)96-69(104)58(37-29-44-86-78(82)83)90-73(108)61(46-51-30-20-19-21-31-51)95-71(106)60(93-70(59)105)41-45-114(4,112)113/h19-21,23-24,30-32,34,48,50,55-63,66,87,98-99H,5-18,22,25-29,33,35-47,49H2,1-4H3,(H2,79,102)(H,84,100)(H,88,101)(H,89,109)(H,90,108)(H,91,110)(H,92,103)(H,93,105)(H,94,111)(H,95,106)(H,96,104)(H,97,107)(H4,80,81,85)(H4,82,83,86)/t50-,55+,56+,57+,58+,59+,60+,61-,62+,63+,66+/m1/s1. The number of nitrogens with zero attached hydrogens (tertiary/aromatic N) is 2. The topological polar surface area (TPSA) is 582 Å². The number of carbonyl (C=O) groups excluding carboxylic acids is 12. The SMILES string of the molecule is CCCCCCCCCCCCCCCC(=O)N[C@@H](CO)C(=O)N[C@@H](CCCCN=C(N)N)C(=O)N[C@H](C(=O)N[C@@H](CCCC)C(=O)N[C@H]1CCC(=O)NCCCC[C@@H](C(N)=O)NC(=O)[C@H](Cc2c[nH]c3ccccc23)NC(=O)[C@H](CCCN=C(N)N)NC(=O)[C@@H](Cc2ccccc2)NC(=O)[C@H](CCS(C)(=O)=O)NC1=O)[C@@H](C)O. The quantitative estimate of drug-likeness (QED) is 0.0206. The number of aliphatic imine (C=N–C) groups is 2. The zero-order valence-corrected chi connectivity index (χ0v) is 67.5. The molecule has 36 heteroatoms. The number of guanidine groups is 2. The number of nitrogens with two attached hydrogens (primary N) is 5. The Morgan fingerprint density at radius 1 is 0.553 bits per heavy atom. The molecule has 0 spiro atoms. The van der Waals surface area contributed by atoms with E-state index in [-0.39, 0.29) is 109 Å². The fourth-order valence-electron chi connectivity index (χ4n) is 13.0. The molecule has 12 amide bonds. The largest absolute Gasteiger partial charge is 0.394 e. The maximum Gasteiger partial charge on any atom is 0.245 e. The van der Waals surface area contributed by atoms with Gasteiger partial charge in [-0.3, -0.25) is 67.5 Å². The summed E-state index contributed by atoms with van der Waals surface area (Å²) in [5.74, 6) is -12.2. The molecule has 3 aromatic rings. The highest BCUT2D eigenvalue weighted by Gasteiger charge is 2.38. The molecule has 4 rings (SSSR count). The van der Waals surface area contributed by atoms with Crippen LogP contribution in [0.3, 0.4) is 0 Å². The van der Waals surface area contributed by atoms with E-state index in [1.807, 2.05) is 6.07 Å². The molecule has 35 nitrogen and oxygen atoms in total. The van der Waals surface area contributed by atoms with Crippen LogP contribution in [0.2, 0.25) is 0 Å². The van der Waals surface area contributed by atoms with Crippen molar-refractivity contribution in [3.05, 3.63) is 71.9 Å². The Bertz CT molecular complexity index is 3720. The molecule has 636 valence electrons. The van der Waals surface area contributed by atoms with Crippen LogP contribution in [0.25, 0.3) is 10.9 Å². The van der Waals surface area contributed by atoms with Crippen molar-refractivity contribution in [1.82, 2.24) is 63.5 Å². The van der Waals surface area contributed by atoms with E-state index in [2.05, 4.69) is 80.4 Å². The Balaban J connectivity index is 1.67. The molecule has 24 N–H and O–H groups in total. The summed E-state index contributed by atoms with van der Waals surface area (Å²) in [7, 11) is -3.93. The van der Waals surface area contributed by atoms with Gasteiger partial charge in [-0.25, -0.2) is 8.42 Å². The monoisotopic (exact) mass is 1620 g/mol. The van der Waals surface area contributed by atoms with Gasteiger partial charge in [0.15, 0.2) is 11.9 Å². The van der Waals surface area contributed by atoms with Crippen LogP contribution in [-0.4, -0.2) is 211 Å². The Kier molecular flexibility index (Phi) is 45.0. The lowest BCUT2D eigenvalue weighted by Gasteiger charge is -2.29. The van der Waals surface area contributed by atoms with Crippen LogP contribution < -0.4 is 87.2 Å². The van der Waals surface area contributed by atoms with Crippen molar-refractivity contribution < 1.29 is 76.2 Å². The fourth-order valence-corrected chi connectivity index (χ4v) is 13.7. The normalized spacial score (nSPS) is 19.2. The fraction of sp³-hybridized carbons (Fsp3) is 0.641. The second kappa shape index (κ2) is 53.2. The van der Waals surface area contributed by atoms with Crippen molar-refractivity contribution >= 4 is 104 Å². The van der Waals surface area contributed by atoms with Gasteiger partial charge in [0.2, 0.25) is 70.9 Å². The summed E-state index contributed by atoms with van der Waals surface area (Å²) in [5, 5.41) is 50.9. The Labute approximate surface area is 668 Å². The Hall–Kier alpha value is -9.97. The predicted octanol–water partition coefficient (Wildman–Crippen LogP) is 0.343. The summed E-state index contributed by atoms with van der Waals surface area (Å²) in [5.41, 5.74) is 30.0. The number of amides is 12. The van der Waals surface area contributed by atoms with Gasteiger partial charge in [-0.2, -0.15) is 0 Å². The van der Waals surface area contributed by atoms with Crippen LogP contribution in [-0.2, 0) is 80.2 Å². The number of carbonyl (C=O) groups is 12. The summed E-state index contributed by atoms with van der Waals surface area (Å²) in [6.07, 6.45) is 14.5. The molecule has 1 aliphatic rings. The van der Waals surface area contributed by atoms with Crippen molar-refractivity contribution in [2.24, 2.45) is 38.7 Å². The van der Waals surface area contributed by atoms with Crippen LogP contribution in [0.1, 0.15) is 212 Å². The molecular formula is C78H127N19O16S. The first-order valence-corrected chi connectivity index (χ1v) is 42.2. The van der Waals surface area contributed by atoms with E-state index in [1.54, 1.807) is 61.7 Å². The number of aromatic nitrogens is 1. The highest BCUT2D eigenvalue weighted by Crippen LogP contribution is 2.21. The molecule has 114 heavy (non-hydrogen) atoms. The lowest BCUT2D eigenvalue weighted by atomic mass is 10.0. The molecule has 1 aliphatic heterocycles. The number of aromatic amines is 1. The van der Waals surface area contributed by atoms with E-state index in [0.717, 1.165) is 38.4 Å². The number of nitrogens with one attached hydrogen (secondary N) is 12. The highest BCUT2D eigenvalue weighted by atomic mass is 32.2. The Morgan fingerprint density at radius 3 is 1.68 bits per heavy atom. The molecule has 1 aromatic heterocycles. The molecule has 1 saturated heterocycles. The van der Waals surface area contributed by atoms with Crippen LogP contribution in [0.15, 0.2) is 70.8 Å². The van der Waals surface area contributed by atoms with Gasteiger partial charge < -0.3 is 102 Å². The first-order chi connectivity index (χ1) is 54.4. The van der Waals surface area contributed by atoms with Crippen molar-refractivity contribution in [3.63, 3.8) is 0 Å². The van der Waals surface area contributed by atoms with Crippen molar-refractivity contribution in [2.75, 3.05) is 38.2 Å². The smallest absolute Gasteiger partial charge is 0.245 e. The third kappa shape index (κ3) is 38.2. The summed E-state index contributed by atoms with van der Waals surface area (Å²) < 4.78 is 25.8. The minimum atomic E-state index is -3.93. The molecule has 0 radical (unpaired) electrons. The number of rotatable bonds is 45. The average molecular weight is 1620 g/mol. The van der Waals surface area contributed by atoms with Crippen molar-refractivity contribution in [3.8, 4) is 0 Å². The Morgan fingerprint density at radius 2 is 1.08 bits per heavy atom. The minimum absolute atomic E-state index is 0.0193. The average Bonchev–Trinajstić information content (AvgIpc) is 1.65. The number of hydrogen-bond donors (Lipinski definition) is 19. The second-order valence-electron chi connectivity index (χ2n) is 29.4. The van der Waals surface area contributed by atoms with E-state index >= 15 is 0 Å². The van der Waals surface area contributed by atoms with Gasteiger partial charge in [-0.1, -0.05) is 152 Å². The van der Waals surface area contributed by atoms with Gasteiger partial charge in [0.25, 0.3) is 0 Å². The number of aliphatic hydroxyl groups excluding tert-OH is 2. The molecule has 0 unspecified atom stereocenters. The summed E-state index contributed by atoms with van der Waals surface area (Å²) >= 11 is 0. The van der Waals surface area contributed by atoms with Crippen molar-refractivity contribution in [2.45, 2.75) is 280 Å². The van der Waals surface area contributed by atoms with E-state index in [0.29, 0.717) is 41.3 Å². The van der Waals surface area contributed by atoms with Gasteiger partial charge in [-0.05, 0) is 101 Å². The number of aliphatic hydroxyl groups is 2. The lowest BCUT2D eigenvalue weighted by Crippen LogP contribution is -2.62. The molecule has 0 bridgehead atoms. The summed E-state index contributed by atoms with van der Waals surface area (Å²) in [6, 6.07) is -0.226. The number of unbranched alkanes of at least 4 members (excludes halogenated alkanes) is 14. The second-order valence-corrected chi connectivity index (χ2v) is 31.6. The number of H-pyrrole nitrogens is 1. The number of fused-ring (bicyclic) bond motifs is 1. The van der Waals surface area contributed by atoms with E-state index < -0.39 is 179 Å². The van der Waals surface area contributed by atoms with Crippen LogP contribution in [0, 0.1) is 0 Å². The van der Waals surface area contributed by atoms with Crippen LogP contribution in [0.5, 0.6) is 0 Å². The maximum atomic E-state index is 15.0. The van der Waals surface area contributed by atoms with E-state index in [4.69, 9.17) is 28.7 Å². The van der Waals surface area contributed by atoms with Gasteiger partial charge in [-0.15, -0.1) is 0 Å². The maximum absolute atomic E-state index is 15.0. The van der Waals surface area contributed by atoms with Gasteiger partial charge in [0.05, 0.1) is 18.5 Å². The molecule has 11 atom stereocenters. The predicted molar refractivity (Wildman–Crippen MR) is 434 cm³/mol. The highest BCUT2D eigenvalue weighted by molar-refractivity contribution is 7.90. The molecular weight excluding hydrogens is 1490 g/mol. The van der Waals surface area contributed by atoms with Crippen LogP contribution >= 0.6 is 0 Å². The third-order valence-electron chi connectivity index (χ3n) is 19.5. The van der Waals surface area contributed by atoms with Crippen molar-refractivity contribution in [1.29, 1.82) is 0 Å². The molecule has 2 heterocycles. The molecule has 1 fully saturated rings. The van der Waals surface area contributed by atoms with Crippen LogP contribution in [0.4, 0.5) is 0 Å². The lowest BCUT2D eigenvalue weighted by molar-refractivity contribution is -0.137. The minimum Gasteiger partial charge on any atom is -0.394 e. The molecule has 2 aromatic carbocycles. The molecule has 0 saturated carbocycles. The number of benzene rings is 2. The van der Waals surface area contributed by atoms with Gasteiger partial charge in [0, 0.05) is 68.7 Å². The number of sulfone groups is 1. The first kappa shape index (κ1) is 96.4. The number of para-hydroxylation sites is 1. The number of primary amides is 1. The number of hydrogen-bond acceptors (Lipinski definition) is 18. The first-order valence-electron chi connectivity index (χ1n) is 40.2. The third-order valence-corrected chi connectivity index (χ3v) is 20.5. The summed E-state index contributed by atoms with van der Waals surface area (Å²) in [4.78, 5) is 183. The summed E-state index contributed by atoms with van der Waals surface area (Å²) in [6.45, 7) is 4.41.